The van der Waals surface area contributed by atoms with Gasteiger partial charge in [-0.2, -0.15) is 0 Å². The molecule has 0 saturated heterocycles. The molecule has 0 spiro atoms. The third-order valence-corrected chi connectivity index (χ3v) is 7.70. The highest BCUT2D eigenvalue weighted by atomic mass is 32.2. The van der Waals surface area contributed by atoms with Gasteiger partial charge >= 0.3 is 5.97 Å². The maximum atomic E-state index is 12.7. The molecule has 0 atom stereocenters. The normalized spacial score (nSPS) is 10.9. The van der Waals surface area contributed by atoms with E-state index in [2.05, 4.69) is 25.3 Å². The second-order valence-electron chi connectivity index (χ2n) is 7.59. The van der Waals surface area contributed by atoms with Crippen molar-refractivity contribution < 1.29 is 22.7 Å². The fourth-order valence-corrected chi connectivity index (χ4v) is 5.62. The lowest BCUT2D eigenvalue weighted by Crippen LogP contribution is -2.20. The van der Waals surface area contributed by atoms with E-state index >= 15 is 0 Å². The molecule has 0 fully saturated rings. The van der Waals surface area contributed by atoms with Crippen molar-refractivity contribution in [1.82, 2.24) is 9.97 Å². The number of ether oxygens (including phenoxy) is 2. The van der Waals surface area contributed by atoms with Crippen molar-refractivity contribution in [3.63, 3.8) is 0 Å². The van der Waals surface area contributed by atoms with Crippen molar-refractivity contribution in [1.29, 1.82) is 0 Å². The molecule has 38 heavy (non-hydrogen) atoms. The molecule has 10 nitrogen and oxygen atoms in total. The van der Waals surface area contributed by atoms with Gasteiger partial charge in [-0.05, 0) is 55.0 Å². The Morgan fingerprint density at radius 2 is 1.76 bits per heavy atom. The third-order valence-electron chi connectivity index (χ3n) is 5.03. The Bertz CT molecular complexity index is 1540. The topological polar surface area (TPSA) is 132 Å². The number of aromatic nitrogens is 2. The number of rotatable bonds is 9. The first-order valence-corrected chi connectivity index (χ1v) is 13.9. The lowest BCUT2D eigenvalue weighted by molar-refractivity contribution is 0.0528. The molecule has 13 heteroatoms. The Kier molecular flexibility index (Phi) is 8.51. The lowest BCUT2D eigenvalue weighted by Gasteiger charge is -2.12. The van der Waals surface area contributed by atoms with Crippen molar-refractivity contribution in [2.75, 3.05) is 29.1 Å². The van der Waals surface area contributed by atoms with Crippen molar-refractivity contribution in [3.05, 3.63) is 78.6 Å². The minimum atomic E-state index is -3.90. The van der Waals surface area contributed by atoms with Crippen LogP contribution in [0.1, 0.15) is 17.3 Å². The highest BCUT2D eigenvalue weighted by Gasteiger charge is 2.20. The van der Waals surface area contributed by atoms with Crippen LogP contribution >= 0.6 is 23.6 Å². The molecule has 0 saturated carbocycles. The van der Waals surface area contributed by atoms with Crippen LogP contribution in [0.5, 0.6) is 5.88 Å². The Labute approximate surface area is 229 Å². The predicted molar refractivity (Wildman–Crippen MR) is 151 cm³/mol. The molecule has 0 amide bonds. The summed E-state index contributed by atoms with van der Waals surface area (Å²) in [6, 6.07) is 18.8. The van der Waals surface area contributed by atoms with Gasteiger partial charge in [-0.1, -0.05) is 30.3 Å². The van der Waals surface area contributed by atoms with E-state index in [1.807, 2.05) is 30.3 Å². The summed E-state index contributed by atoms with van der Waals surface area (Å²) in [5.41, 5.74) is 1.87. The lowest BCUT2D eigenvalue weighted by atomic mass is 10.1. The van der Waals surface area contributed by atoms with Gasteiger partial charge in [0.25, 0.3) is 10.0 Å². The molecule has 2 heterocycles. The Morgan fingerprint density at radius 3 is 2.45 bits per heavy atom. The highest BCUT2D eigenvalue weighted by molar-refractivity contribution is 7.92. The third kappa shape index (κ3) is 6.62. The molecule has 2 aromatic heterocycles. The van der Waals surface area contributed by atoms with Gasteiger partial charge in [-0.15, -0.1) is 11.3 Å². The molecule has 0 aliphatic heterocycles. The zero-order valence-corrected chi connectivity index (χ0v) is 22.7. The van der Waals surface area contributed by atoms with Crippen LogP contribution in [-0.2, 0) is 14.8 Å². The predicted octanol–water partition coefficient (Wildman–Crippen LogP) is 5.00. The number of benzene rings is 2. The molecule has 0 aliphatic rings. The number of methoxy groups -OCH3 is 1. The summed E-state index contributed by atoms with van der Waals surface area (Å²) in [5, 5.41) is 6.81. The van der Waals surface area contributed by atoms with Gasteiger partial charge in [0, 0.05) is 16.6 Å². The molecule has 3 N–H and O–H groups in total. The molecule has 4 rings (SSSR count). The van der Waals surface area contributed by atoms with Gasteiger partial charge in [0.1, 0.15) is 17.1 Å². The molecule has 4 aromatic rings. The smallest absolute Gasteiger partial charge is 0.341 e. The van der Waals surface area contributed by atoms with Crippen LogP contribution in [0, 0.1) is 0 Å². The van der Waals surface area contributed by atoms with E-state index < -0.39 is 16.0 Å². The summed E-state index contributed by atoms with van der Waals surface area (Å²) < 4.78 is 38.1. The second kappa shape index (κ2) is 12.0. The number of hydrogen-bond acceptors (Lipinski definition) is 9. The minimum Gasteiger partial charge on any atom is -0.481 e. The number of nitrogens with one attached hydrogen (secondary N) is 3. The van der Waals surface area contributed by atoms with Crippen molar-refractivity contribution in [3.8, 4) is 16.3 Å². The largest absolute Gasteiger partial charge is 0.481 e. The molecule has 0 aliphatic carbocycles. The van der Waals surface area contributed by atoms with Crippen LogP contribution in [0.15, 0.2) is 78.0 Å². The molecular weight excluding hydrogens is 547 g/mol. The number of carbonyl (C=O) groups excluding carboxylic acids is 1. The van der Waals surface area contributed by atoms with Crippen LogP contribution in [-0.4, -0.2) is 43.2 Å². The summed E-state index contributed by atoms with van der Waals surface area (Å²) >= 11 is 6.82. The number of sulfonamides is 1. The van der Waals surface area contributed by atoms with Crippen molar-refractivity contribution >= 4 is 61.2 Å². The second-order valence-corrected chi connectivity index (χ2v) is 10.7. The van der Waals surface area contributed by atoms with Crippen LogP contribution < -0.4 is 20.1 Å². The molecule has 0 unspecified atom stereocenters. The first kappa shape index (κ1) is 27.0. The van der Waals surface area contributed by atoms with Crippen LogP contribution in [0.2, 0.25) is 0 Å². The van der Waals surface area contributed by atoms with Gasteiger partial charge in [-0.3, -0.25) is 4.72 Å². The Balaban J connectivity index is 1.47. The maximum absolute atomic E-state index is 12.7. The standard InChI is InChI=1S/C25H23N5O5S3/c1-3-35-24(31)19-13-20(16-7-5-4-6-8-16)37-23(19)29-25(36)28-17-9-11-18(12-10-17)38(32,33)30-21-14-22(34-2)27-15-26-21/h4-15H,3H2,1-2H3,(H,26,27,30)(H2,28,29,36). The number of thiophene rings is 1. The van der Waals surface area contributed by atoms with Gasteiger partial charge < -0.3 is 20.1 Å². The molecule has 2 aromatic carbocycles. The van der Waals surface area contributed by atoms with Gasteiger partial charge in [0.05, 0.1) is 24.2 Å². The first-order valence-electron chi connectivity index (χ1n) is 11.2. The number of hydrogen-bond donors (Lipinski definition) is 3. The fraction of sp³-hybridized carbons (Fsp3) is 0.120. The molecule has 0 bridgehead atoms. The van der Waals surface area contributed by atoms with E-state index in [1.165, 1.54) is 43.0 Å². The van der Waals surface area contributed by atoms with E-state index in [9.17, 15) is 13.2 Å². The summed E-state index contributed by atoms with van der Waals surface area (Å²) in [6.45, 7) is 1.98. The zero-order chi connectivity index (χ0) is 27.1. The summed E-state index contributed by atoms with van der Waals surface area (Å²) in [4.78, 5) is 21.2. The Morgan fingerprint density at radius 1 is 1.03 bits per heavy atom. The number of nitrogens with zero attached hydrogens (tertiary/aromatic N) is 2. The van der Waals surface area contributed by atoms with Gasteiger partial charge in [0.2, 0.25) is 5.88 Å². The zero-order valence-electron chi connectivity index (χ0n) is 20.3. The van der Waals surface area contributed by atoms with Gasteiger partial charge in [-0.25, -0.2) is 23.2 Å². The maximum Gasteiger partial charge on any atom is 0.341 e. The van der Waals surface area contributed by atoms with E-state index in [-0.39, 0.29) is 28.3 Å². The molecule has 0 radical (unpaired) electrons. The van der Waals surface area contributed by atoms with E-state index in [0.29, 0.717) is 16.3 Å². The molecular formula is C25H23N5O5S3. The first-order chi connectivity index (χ1) is 18.3. The summed E-state index contributed by atoms with van der Waals surface area (Å²) in [6.07, 6.45) is 1.20. The SMILES string of the molecule is CCOC(=O)c1cc(-c2ccccc2)sc1NC(=S)Nc1ccc(S(=O)(=O)Nc2cc(OC)ncn2)cc1. The monoisotopic (exact) mass is 569 g/mol. The van der Waals surface area contributed by atoms with Crippen LogP contribution in [0.3, 0.4) is 0 Å². The van der Waals surface area contributed by atoms with E-state index in [4.69, 9.17) is 21.7 Å². The highest BCUT2D eigenvalue weighted by Crippen LogP contribution is 2.36. The van der Waals surface area contributed by atoms with E-state index in [1.54, 1.807) is 25.1 Å². The number of carbonyl (C=O) groups is 1. The summed E-state index contributed by atoms with van der Waals surface area (Å²) in [5.74, 6) is -0.154. The Hall–Kier alpha value is -4.07. The van der Waals surface area contributed by atoms with Gasteiger partial charge in [0.15, 0.2) is 5.11 Å². The average molecular weight is 570 g/mol. The van der Waals surface area contributed by atoms with Crippen LogP contribution in [0.4, 0.5) is 16.5 Å². The average Bonchev–Trinajstić information content (AvgIpc) is 3.33. The summed E-state index contributed by atoms with van der Waals surface area (Å²) in [7, 11) is -2.48. The minimum absolute atomic E-state index is 0.0230. The van der Waals surface area contributed by atoms with Crippen molar-refractivity contribution in [2.45, 2.75) is 11.8 Å². The number of thiocarbonyl (C=S) groups is 1. The number of anilines is 3. The quantitative estimate of drug-likeness (QED) is 0.187. The fourth-order valence-electron chi connectivity index (χ4n) is 3.28. The van der Waals surface area contributed by atoms with Crippen molar-refractivity contribution in [2.24, 2.45) is 0 Å². The molecule has 196 valence electrons. The van der Waals surface area contributed by atoms with E-state index in [0.717, 1.165) is 10.4 Å². The van der Waals surface area contributed by atoms with Crippen LogP contribution in [0.25, 0.3) is 10.4 Å². The number of esters is 1.